The Bertz CT molecular complexity index is 206. The first-order chi connectivity index (χ1) is 6.20. The van der Waals surface area contributed by atoms with Crippen molar-refractivity contribution in [1.82, 2.24) is 4.90 Å². The fourth-order valence-corrected chi connectivity index (χ4v) is 2.77. The summed E-state index contributed by atoms with van der Waals surface area (Å²) in [5, 5.41) is 8.79. The molecule has 2 unspecified atom stereocenters. The Labute approximate surface area is 77.7 Å². The van der Waals surface area contributed by atoms with Crippen LogP contribution in [-0.4, -0.2) is 35.7 Å². The highest BCUT2D eigenvalue weighted by molar-refractivity contribution is 5.65. The standard InChI is InChI=1S/C9H16N2O2/c10-3-6-1-7-4-11(9(12)13)5-8(7)2-6/h6-8H,1-5,10H2,(H,12,13)/t6?,7-,8?/m1/s1. The number of amides is 1. The van der Waals surface area contributed by atoms with Gasteiger partial charge >= 0.3 is 6.09 Å². The van der Waals surface area contributed by atoms with Gasteiger partial charge in [-0.15, -0.1) is 0 Å². The second-order valence-electron chi connectivity index (χ2n) is 4.28. The van der Waals surface area contributed by atoms with E-state index in [1.807, 2.05) is 0 Å². The number of nitrogens with two attached hydrogens (primary N) is 1. The summed E-state index contributed by atoms with van der Waals surface area (Å²) in [5.41, 5.74) is 5.60. The van der Waals surface area contributed by atoms with Crippen molar-refractivity contribution < 1.29 is 9.90 Å². The van der Waals surface area contributed by atoms with Gasteiger partial charge in [0, 0.05) is 13.1 Å². The van der Waals surface area contributed by atoms with Crippen molar-refractivity contribution in [1.29, 1.82) is 0 Å². The number of nitrogens with zero attached hydrogens (tertiary/aromatic N) is 1. The molecule has 1 aliphatic carbocycles. The molecule has 0 bridgehead atoms. The molecule has 1 amide bonds. The first-order valence-electron chi connectivity index (χ1n) is 4.88. The van der Waals surface area contributed by atoms with Crippen molar-refractivity contribution in [2.24, 2.45) is 23.5 Å². The summed E-state index contributed by atoms with van der Waals surface area (Å²) in [4.78, 5) is 12.2. The van der Waals surface area contributed by atoms with Crippen LogP contribution in [0.2, 0.25) is 0 Å². The third-order valence-corrected chi connectivity index (χ3v) is 3.45. The molecule has 1 saturated heterocycles. The van der Waals surface area contributed by atoms with Gasteiger partial charge in [-0.25, -0.2) is 4.79 Å². The van der Waals surface area contributed by atoms with Crippen LogP contribution in [0.25, 0.3) is 0 Å². The van der Waals surface area contributed by atoms with E-state index in [0.717, 1.165) is 32.5 Å². The highest BCUT2D eigenvalue weighted by atomic mass is 16.4. The topological polar surface area (TPSA) is 66.6 Å². The molecule has 1 heterocycles. The molecule has 3 N–H and O–H groups in total. The SMILES string of the molecule is NCC1CC2CN(C(=O)O)C[C@H]2C1. The van der Waals surface area contributed by atoms with Crippen LogP contribution in [0.3, 0.4) is 0 Å². The van der Waals surface area contributed by atoms with E-state index >= 15 is 0 Å². The summed E-state index contributed by atoms with van der Waals surface area (Å²) in [6, 6.07) is 0. The Morgan fingerprint density at radius 2 is 1.92 bits per heavy atom. The van der Waals surface area contributed by atoms with Gasteiger partial charge in [-0.1, -0.05) is 0 Å². The molecule has 3 atom stereocenters. The van der Waals surface area contributed by atoms with Crippen LogP contribution in [0.15, 0.2) is 0 Å². The monoisotopic (exact) mass is 184 g/mol. The Balaban J connectivity index is 1.93. The van der Waals surface area contributed by atoms with Crippen LogP contribution in [0.1, 0.15) is 12.8 Å². The molecule has 2 aliphatic rings. The van der Waals surface area contributed by atoms with Crippen LogP contribution >= 0.6 is 0 Å². The number of rotatable bonds is 1. The lowest BCUT2D eigenvalue weighted by molar-refractivity contribution is 0.151. The Morgan fingerprint density at radius 1 is 1.38 bits per heavy atom. The first kappa shape index (κ1) is 8.81. The summed E-state index contributed by atoms with van der Waals surface area (Å²) in [5.74, 6) is 1.82. The first-order valence-corrected chi connectivity index (χ1v) is 4.88. The molecule has 0 aromatic rings. The molecule has 1 saturated carbocycles. The second kappa shape index (κ2) is 3.18. The lowest BCUT2D eigenvalue weighted by atomic mass is 10.0. The van der Waals surface area contributed by atoms with Gasteiger partial charge in [0.2, 0.25) is 0 Å². The quantitative estimate of drug-likeness (QED) is 0.626. The molecule has 4 heteroatoms. The van der Waals surface area contributed by atoms with Crippen LogP contribution in [0.4, 0.5) is 4.79 Å². The summed E-state index contributed by atoms with van der Waals surface area (Å²) >= 11 is 0. The fraction of sp³-hybridized carbons (Fsp3) is 0.889. The average molecular weight is 184 g/mol. The van der Waals surface area contributed by atoms with Crippen molar-refractivity contribution in [2.75, 3.05) is 19.6 Å². The Kier molecular flexibility index (Phi) is 2.15. The molecule has 2 fully saturated rings. The van der Waals surface area contributed by atoms with E-state index in [1.165, 1.54) is 0 Å². The molecule has 0 radical (unpaired) electrons. The minimum atomic E-state index is -0.765. The Morgan fingerprint density at radius 3 is 2.31 bits per heavy atom. The number of hydrogen-bond acceptors (Lipinski definition) is 2. The van der Waals surface area contributed by atoms with E-state index in [-0.39, 0.29) is 0 Å². The van der Waals surface area contributed by atoms with Crippen LogP contribution in [0, 0.1) is 17.8 Å². The Hall–Kier alpha value is -0.770. The third-order valence-electron chi connectivity index (χ3n) is 3.45. The van der Waals surface area contributed by atoms with Crippen LogP contribution in [0.5, 0.6) is 0 Å². The normalized spacial score (nSPS) is 37.9. The molecule has 4 nitrogen and oxygen atoms in total. The largest absolute Gasteiger partial charge is 0.465 e. The second-order valence-corrected chi connectivity index (χ2v) is 4.28. The maximum Gasteiger partial charge on any atom is 0.407 e. The molecule has 1 aliphatic heterocycles. The number of hydrogen-bond donors (Lipinski definition) is 2. The molecule has 74 valence electrons. The van der Waals surface area contributed by atoms with E-state index in [2.05, 4.69) is 0 Å². The zero-order valence-corrected chi connectivity index (χ0v) is 7.65. The number of carbonyl (C=O) groups is 1. The molecule has 0 spiro atoms. The van der Waals surface area contributed by atoms with E-state index < -0.39 is 6.09 Å². The number of fused-ring (bicyclic) bond motifs is 1. The van der Waals surface area contributed by atoms with Gasteiger partial charge in [-0.3, -0.25) is 0 Å². The highest BCUT2D eigenvalue weighted by Crippen LogP contribution is 2.40. The van der Waals surface area contributed by atoms with Crippen molar-refractivity contribution in [3.63, 3.8) is 0 Å². The van der Waals surface area contributed by atoms with Gasteiger partial charge < -0.3 is 15.7 Å². The molecular weight excluding hydrogens is 168 g/mol. The lowest BCUT2D eigenvalue weighted by Crippen LogP contribution is -2.28. The van der Waals surface area contributed by atoms with Gasteiger partial charge in [0.1, 0.15) is 0 Å². The summed E-state index contributed by atoms with van der Waals surface area (Å²) < 4.78 is 0. The summed E-state index contributed by atoms with van der Waals surface area (Å²) in [6.07, 6.45) is 1.49. The smallest absolute Gasteiger partial charge is 0.407 e. The average Bonchev–Trinajstić information content (AvgIpc) is 2.58. The zero-order chi connectivity index (χ0) is 9.42. The van der Waals surface area contributed by atoms with E-state index in [0.29, 0.717) is 17.8 Å². The van der Waals surface area contributed by atoms with Gasteiger partial charge in [0.05, 0.1) is 0 Å². The number of likely N-dealkylation sites (tertiary alicyclic amines) is 1. The van der Waals surface area contributed by atoms with Gasteiger partial charge in [-0.05, 0) is 37.1 Å². The van der Waals surface area contributed by atoms with Crippen molar-refractivity contribution in [3.8, 4) is 0 Å². The predicted octanol–water partition coefficient (Wildman–Crippen LogP) is 0.581. The maximum atomic E-state index is 10.7. The lowest BCUT2D eigenvalue weighted by Gasteiger charge is -2.14. The maximum absolute atomic E-state index is 10.7. The van der Waals surface area contributed by atoms with Gasteiger partial charge in [0.25, 0.3) is 0 Å². The van der Waals surface area contributed by atoms with E-state index in [1.54, 1.807) is 4.90 Å². The molecule has 2 rings (SSSR count). The summed E-state index contributed by atoms with van der Waals surface area (Å²) in [6.45, 7) is 2.23. The van der Waals surface area contributed by atoms with Gasteiger partial charge in [0.15, 0.2) is 0 Å². The van der Waals surface area contributed by atoms with Crippen molar-refractivity contribution >= 4 is 6.09 Å². The van der Waals surface area contributed by atoms with Crippen molar-refractivity contribution in [3.05, 3.63) is 0 Å². The van der Waals surface area contributed by atoms with E-state index in [4.69, 9.17) is 10.8 Å². The van der Waals surface area contributed by atoms with Gasteiger partial charge in [-0.2, -0.15) is 0 Å². The zero-order valence-electron chi connectivity index (χ0n) is 7.65. The minimum Gasteiger partial charge on any atom is -0.465 e. The molecule has 0 aromatic heterocycles. The number of carboxylic acid groups (broad SMARTS) is 1. The predicted molar refractivity (Wildman–Crippen MR) is 48.4 cm³/mol. The fourth-order valence-electron chi connectivity index (χ4n) is 2.77. The minimum absolute atomic E-state index is 0.588. The third kappa shape index (κ3) is 1.50. The van der Waals surface area contributed by atoms with Crippen LogP contribution < -0.4 is 5.73 Å². The molecular formula is C9H16N2O2. The highest BCUT2D eigenvalue weighted by Gasteiger charge is 2.41. The van der Waals surface area contributed by atoms with Crippen LogP contribution in [-0.2, 0) is 0 Å². The molecule has 13 heavy (non-hydrogen) atoms. The van der Waals surface area contributed by atoms with Crippen molar-refractivity contribution in [2.45, 2.75) is 12.8 Å². The summed E-state index contributed by atoms with van der Waals surface area (Å²) in [7, 11) is 0. The molecule has 0 aromatic carbocycles. The van der Waals surface area contributed by atoms with E-state index in [9.17, 15) is 4.79 Å².